The largest absolute Gasteiger partial charge is 0.395 e. The average Bonchev–Trinajstić information content (AvgIpc) is 2.18. The Bertz CT molecular complexity index is 195. The quantitative estimate of drug-likeness (QED) is 0.648. The van der Waals surface area contributed by atoms with Crippen molar-refractivity contribution in [1.82, 2.24) is 4.90 Å². The van der Waals surface area contributed by atoms with Crippen LogP contribution in [0.2, 0.25) is 0 Å². The number of morpholine rings is 1. The second-order valence-electron chi connectivity index (χ2n) is 3.00. The summed E-state index contributed by atoms with van der Waals surface area (Å²) in [6, 6.07) is 1.95. The van der Waals surface area contributed by atoms with Gasteiger partial charge in [0.2, 0.25) is 0 Å². The van der Waals surface area contributed by atoms with E-state index in [1.165, 1.54) is 0 Å². The Hall–Kier alpha value is -0.340. The van der Waals surface area contributed by atoms with Crippen LogP contribution >= 0.6 is 11.6 Å². The number of hydrogen-bond acceptors (Lipinski definition) is 4. The molecule has 74 valence electrons. The highest BCUT2D eigenvalue weighted by atomic mass is 35.5. The molecular weight excluding hydrogens is 192 g/mol. The van der Waals surface area contributed by atoms with Crippen LogP contribution < -0.4 is 0 Å². The van der Waals surface area contributed by atoms with Crippen LogP contribution in [0.1, 0.15) is 0 Å². The summed E-state index contributed by atoms with van der Waals surface area (Å²) in [5, 5.41) is 17.0. The number of aliphatic hydroxyl groups is 1. The van der Waals surface area contributed by atoms with E-state index < -0.39 is 5.38 Å². The van der Waals surface area contributed by atoms with Crippen LogP contribution in [-0.4, -0.2) is 54.3 Å². The van der Waals surface area contributed by atoms with E-state index in [-0.39, 0.29) is 12.6 Å². The van der Waals surface area contributed by atoms with Crippen molar-refractivity contribution >= 4 is 11.6 Å². The summed E-state index contributed by atoms with van der Waals surface area (Å²) >= 11 is 5.70. The van der Waals surface area contributed by atoms with Crippen molar-refractivity contribution in [1.29, 1.82) is 5.26 Å². The molecule has 0 aromatic rings. The monoisotopic (exact) mass is 204 g/mol. The molecule has 2 unspecified atom stereocenters. The lowest BCUT2D eigenvalue weighted by Gasteiger charge is -2.34. The molecule has 2 atom stereocenters. The first-order valence-electron chi connectivity index (χ1n) is 4.24. The van der Waals surface area contributed by atoms with Crippen molar-refractivity contribution in [2.24, 2.45) is 0 Å². The summed E-state index contributed by atoms with van der Waals surface area (Å²) in [7, 11) is 0. The molecule has 1 aliphatic heterocycles. The molecule has 1 fully saturated rings. The zero-order valence-corrected chi connectivity index (χ0v) is 8.07. The van der Waals surface area contributed by atoms with Gasteiger partial charge in [-0.1, -0.05) is 0 Å². The van der Waals surface area contributed by atoms with Crippen molar-refractivity contribution in [2.45, 2.75) is 11.4 Å². The second-order valence-corrected chi connectivity index (χ2v) is 3.53. The molecule has 1 rings (SSSR count). The lowest BCUT2D eigenvalue weighted by molar-refractivity contribution is -0.0259. The summed E-state index contributed by atoms with van der Waals surface area (Å²) in [4.78, 5) is 1.99. The molecule has 1 N–H and O–H groups in total. The van der Waals surface area contributed by atoms with Crippen LogP contribution in [0.3, 0.4) is 0 Å². The molecule has 0 spiro atoms. The van der Waals surface area contributed by atoms with E-state index in [2.05, 4.69) is 0 Å². The zero-order valence-electron chi connectivity index (χ0n) is 7.32. The van der Waals surface area contributed by atoms with Gasteiger partial charge < -0.3 is 9.84 Å². The number of nitriles is 1. The Labute approximate surface area is 82.7 Å². The van der Waals surface area contributed by atoms with E-state index in [0.717, 1.165) is 6.54 Å². The lowest BCUT2D eigenvalue weighted by atomic mass is 10.2. The van der Waals surface area contributed by atoms with Gasteiger partial charge in [-0.2, -0.15) is 5.26 Å². The van der Waals surface area contributed by atoms with Crippen LogP contribution in [0.15, 0.2) is 0 Å². The van der Waals surface area contributed by atoms with E-state index in [4.69, 9.17) is 26.7 Å². The molecule has 0 radical (unpaired) electrons. The summed E-state index contributed by atoms with van der Waals surface area (Å²) < 4.78 is 5.19. The minimum Gasteiger partial charge on any atom is -0.395 e. The van der Waals surface area contributed by atoms with Gasteiger partial charge in [0.25, 0.3) is 0 Å². The van der Waals surface area contributed by atoms with E-state index >= 15 is 0 Å². The highest BCUT2D eigenvalue weighted by Crippen LogP contribution is 2.08. The normalized spacial score (nSPS) is 26.7. The van der Waals surface area contributed by atoms with Crippen LogP contribution in [0.4, 0.5) is 0 Å². The maximum absolute atomic E-state index is 9.00. The van der Waals surface area contributed by atoms with E-state index in [1.54, 1.807) is 0 Å². The average molecular weight is 205 g/mol. The van der Waals surface area contributed by atoms with Crippen LogP contribution in [0, 0.1) is 11.3 Å². The molecular formula is C8H13ClN2O2. The van der Waals surface area contributed by atoms with Crippen molar-refractivity contribution in [3.8, 4) is 6.07 Å². The predicted octanol–water partition coefficient (Wildman–Crippen LogP) is -0.190. The summed E-state index contributed by atoms with van der Waals surface area (Å²) in [6.07, 6.45) is 0. The number of ether oxygens (including phenoxy) is 1. The number of nitrogens with zero attached hydrogens (tertiary/aromatic N) is 2. The number of halogens is 1. The predicted molar refractivity (Wildman–Crippen MR) is 48.5 cm³/mol. The Morgan fingerprint density at radius 3 is 3.15 bits per heavy atom. The van der Waals surface area contributed by atoms with Crippen LogP contribution in [-0.2, 0) is 4.74 Å². The molecule has 0 aromatic carbocycles. The molecule has 1 aliphatic rings. The molecule has 0 aliphatic carbocycles. The van der Waals surface area contributed by atoms with E-state index in [9.17, 15) is 0 Å². The third-order valence-electron chi connectivity index (χ3n) is 2.10. The van der Waals surface area contributed by atoms with E-state index in [0.29, 0.717) is 19.8 Å². The van der Waals surface area contributed by atoms with Crippen molar-refractivity contribution in [2.75, 3.05) is 32.9 Å². The Morgan fingerprint density at radius 2 is 2.54 bits per heavy atom. The SMILES string of the molecule is N#CC(Cl)CN1CCOCC1CO. The van der Waals surface area contributed by atoms with Crippen molar-refractivity contribution < 1.29 is 9.84 Å². The molecule has 0 aromatic heterocycles. The van der Waals surface area contributed by atoms with Gasteiger partial charge in [-0.05, 0) is 0 Å². The summed E-state index contributed by atoms with van der Waals surface area (Å²) in [5.74, 6) is 0. The van der Waals surface area contributed by atoms with Gasteiger partial charge in [-0.3, -0.25) is 4.90 Å². The molecule has 5 heteroatoms. The highest BCUT2D eigenvalue weighted by Gasteiger charge is 2.23. The molecule has 1 heterocycles. The third kappa shape index (κ3) is 3.12. The topological polar surface area (TPSA) is 56.5 Å². The highest BCUT2D eigenvalue weighted by molar-refractivity contribution is 6.22. The molecule has 0 amide bonds. The van der Waals surface area contributed by atoms with Crippen molar-refractivity contribution in [3.05, 3.63) is 0 Å². The molecule has 0 bridgehead atoms. The van der Waals surface area contributed by atoms with Gasteiger partial charge in [0.1, 0.15) is 5.38 Å². The third-order valence-corrected chi connectivity index (χ3v) is 2.33. The number of aliphatic hydroxyl groups excluding tert-OH is 1. The van der Waals surface area contributed by atoms with Crippen LogP contribution in [0.5, 0.6) is 0 Å². The summed E-state index contributed by atoms with van der Waals surface area (Å²) in [5.41, 5.74) is 0. The molecule has 1 saturated heterocycles. The van der Waals surface area contributed by atoms with Gasteiger partial charge in [-0.25, -0.2) is 0 Å². The van der Waals surface area contributed by atoms with Gasteiger partial charge in [0.15, 0.2) is 0 Å². The van der Waals surface area contributed by atoms with Gasteiger partial charge >= 0.3 is 0 Å². The standard InChI is InChI=1S/C8H13ClN2O2/c9-7(3-10)4-11-1-2-13-6-8(11)5-12/h7-8,12H,1-2,4-6H2. The molecule has 0 saturated carbocycles. The Kier molecular flexibility index (Phi) is 4.46. The summed E-state index contributed by atoms with van der Waals surface area (Å²) in [6.45, 7) is 2.44. The maximum Gasteiger partial charge on any atom is 0.133 e. The van der Waals surface area contributed by atoms with Crippen LogP contribution in [0.25, 0.3) is 0 Å². The maximum atomic E-state index is 9.00. The fraction of sp³-hybridized carbons (Fsp3) is 0.875. The Balaban J connectivity index is 2.41. The van der Waals surface area contributed by atoms with Gasteiger partial charge in [-0.15, -0.1) is 11.6 Å². The first-order valence-corrected chi connectivity index (χ1v) is 4.68. The first kappa shape index (κ1) is 10.7. The molecule has 13 heavy (non-hydrogen) atoms. The second kappa shape index (κ2) is 5.40. The fourth-order valence-electron chi connectivity index (χ4n) is 1.34. The van der Waals surface area contributed by atoms with Gasteiger partial charge in [0, 0.05) is 13.1 Å². The number of rotatable bonds is 3. The van der Waals surface area contributed by atoms with E-state index in [1.807, 2.05) is 11.0 Å². The molecule has 4 nitrogen and oxygen atoms in total. The van der Waals surface area contributed by atoms with Gasteiger partial charge in [0.05, 0.1) is 31.9 Å². The zero-order chi connectivity index (χ0) is 9.68. The van der Waals surface area contributed by atoms with Crippen molar-refractivity contribution in [3.63, 3.8) is 0 Å². The first-order chi connectivity index (χ1) is 6.27. The smallest absolute Gasteiger partial charge is 0.133 e. The fourth-order valence-corrected chi connectivity index (χ4v) is 1.52. The number of hydrogen-bond donors (Lipinski definition) is 1. The minimum atomic E-state index is -0.507. The number of alkyl halides is 1. The Morgan fingerprint density at radius 1 is 1.77 bits per heavy atom. The minimum absolute atomic E-state index is 0.0108. The lowest BCUT2D eigenvalue weighted by Crippen LogP contribution is -2.49.